The van der Waals surface area contributed by atoms with Gasteiger partial charge in [0.05, 0.1) is 40.0 Å². The number of carbonyl (C=O) groups is 1. The zero-order valence-electron chi connectivity index (χ0n) is 18.2. The number of thiazole rings is 1. The molecule has 1 aromatic heterocycles. The Hall–Kier alpha value is -3.17. The van der Waals surface area contributed by atoms with Crippen LogP contribution in [0.1, 0.15) is 31.0 Å². The van der Waals surface area contributed by atoms with E-state index in [2.05, 4.69) is 20.9 Å². The van der Waals surface area contributed by atoms with Crippen molar-refractivity contribution in [2.45, 2.75) is 19.9 Å². The van der Waals surface area contributed by atoms with E-state index in [-0.39, 0.29) is 17.9 Å². The molecule has 3 aromatic rings. The molecule has 33 heavy (non-hydrogen) atoms. The zero-order chi connectivity index (χ0) is 23.7. The number of esters is 1. The molecule has 9 heteroatoms. The highest BCUT2D eigenvalue weighted by atomic mass is 79.9. The summed E-state index contributed by atoms with van der Waals surface area (Å²) in [5.41, 5.74) is 2.06. The van der Waals surface area contributed by atoms with Gasteiger partial charge >= 0.3 is 5.97 Å². The average molecular weight is 529 g/mol. The van der Waals surface area contributed by atoms with Crippen LogP contribution in [0.3, 0.4) is 0 Å². The molecule has 2 aromatic carbocycles. The lowest BCUT2D eigenvalue weighted by Gasteiger charge is -2.24. The van der Waals surface area contributed by atoms with Crippen LogP contribution in [0.4, 0.5) is 0 Å². The second-order valence-corrected chi connectivity index (χ2v) is 9.15. The van der Waals surface area contributed by atoms with Gasteiger partial charge in [0.2, 0.25) is 0 Å². The number of hydrogen-bond acceptors (Lipinski definition) is 7. The number of hydrogen-bond donors (Lipinski definition) is 1. The summed E-state index contributed by atoms with van der Waals surface area (Å²) in [5, 5.41) is 9.75. The van der Waals surface area contributed by atoms with E-state index in [4.69, 9.17) is 9.47 Å². The van der Waals surface area contributed by atoms with Crippen LogP contribution in [0.25, 0.3) is 6.08 Å². The van der Waals surface area contributed by atoms with Crippen LogP contribution in [-0.2, 0) is 9.53 Å². The van der Waals surface area contributed by atoms with Gasteiger partial charge in [0.15, 0.2) is 4.80 Å². The standard InChI is InChI=1S/C24H21BrN2O5S/c1-4-32-23(30)20-13(2)26-24-27(21(20)15-6-8-16(31-3)9-7-15)22(29)19(33-24)12-14-5-10-18(28)17(25)11-14/h5-12,21,28H,4H2,1-3H3/b19-12-/t21-/m0/s1. The Morgan fingerprint density at radius 2 is 2.00 bits per heavy atom. The molecule has 4 rings (SSSR count). The maximum Gasteiger partial charge on any atom is 0.338 e. The number of aromatic hydroxyl groups is 1. The summed E-state index contributed by atoms with van der Waals surface area (Å²) in [5.74, 6) is 0.279. The first kappa shape index (κ1) is 23.0. The summed E-state index contributed by atoms with van der Waals surface area (Å²) in [7, 11) is 1.58. The molecule has 7 nitrogen and oxygen atoms in total. The highest BCUT2D eigenvalue weighted by molar-refractivity contribution is 9.10. The average Bonchev–Trinajstić information content (AvgIpc) is 3.10. The van der Waals surface area contributed by atoms with E-state index in [1.165, 1.54) is 15.9 Å². The van der Waals surface area contributed by atoms with Crippen molar-refractivity contribution in [3.63, 3.8) is 0 Å². The predicted octanol–water partition coefficient (Wildman–Crippen LogP) is 3.28. The van der Waals surface area contributed by atoms with Crippen molar-refractivity contribution in [1.29, 1.82) is 0 Å². The molecule has 0 saturated heterocycles. The molecule has 0 saturated carbocycles. The third-order valence-corrected chi connectivity index (χ3v) is 6.84. The third-order valence-electron chi connectivity index (χ3n) is 5.22. The van der Waals surface area contributed by atoms with Gasteiger partial charge in [0.25, 0.3) is 5.56 Å². The van der Waals surface area contributed by atoms with Gasteiger partial charge in [-0.25, -0.2) is 9.79 Å². The fourth-order valence-corrected chi connectivity index (χ4v) is 5.10. The second-order valence-electron chi connectivity index (χ2n) is 7.29. The maximum absolute atomic E-state index is 13.5. The van der Waals surface area contributed by atoms with Crippen LogP contribution >= 0.6 is 27.3 Å². The number of ether oxygens (including phenoxy) is 2. The Morgan fingerprint density at radius 1 is 1.27 bits per heavy atom. The predicted molar refractivity (Wildman–Crippen MR) is 129 cm³/mol. The fourth-order valence-electron chi connectivity index (χ4n) is 3.66. The van der Waals surface area contributed by atoms with E-state index < -0.39 is 12.0 Å². The normalized spacial score (nSPS) is 15.8. The minimum absolute atomic E-state index is 0.114. The van der Waals surface area contributed by atoms with Crippen molar-refractivity contribution in [2.75, 3.05) is 13.7 Å². The zero-order valence-corrected chi connectivity index (χ0v) is 20.6. The number of methoxy groups -OCH3 is 1. The number of allylic oxidation sites excluding steroid dienone is 1. The second kappa shape index (κ2) is 9.36. The number of fused-ring (bicyclic) bond motifs is 1. The number of rotatable bonds is 5. The Labute approximate surface area is 202 Å². The number of halogens is 1. The topological polar surface area (TPSA) is 90.1 Å². The molecule has 0 unspecified atom stereocenters. The molecule has 0 radical (unpaired) electrons. The lowest BCUT2D eigenvalue weighted by atomic mass is 9.96. The highest BCUT2D eigenvalue weighted by Crippen LogP contribution is 2.31. The molecule has 0 aliphatic carbocycles. The maximum atomic E-state index is 13.5. The molecule has 0 amide bonds. The lowest BCUT2D eigenvalue weighted by Crippen LogP contribution is -2.39. The summed E-state index contributed by atoms with van der Waals surface area (Å²) in [6.45, 7) is 3.70. The largest absolute Gasteiger partial charge is 0.507 e. The van der Waals surface area contributed by atoms with Crippen LogP contribution in [0.15, 0.2) is 68.0 Å². The SMILES string of the molecule is CCOC(=O)C1=C(C)N=c2s/c(=C\c3ccc(O)c(Br)c3)c(=O)n2[C@H]1c1ccc(OC)cc1. The van der Waals surface area contributed by atoms with Crippen LogP contribution in [-0.4, -0.2) is 29.4 Å². The Bertz CT molecular complexity index is 1440. The van der Waals surface area contributed by atoms with Crippen molar-refractivity contribution in [3.05, 3.63) is 89.0 Å². The van der Waals surface area contributed by atoms with E-state index in [0.717, 1.165) is 11.1 Å². The van der Waals surface area contributed by atoms with Gasteiger partial charge < -0.3 is 14.6 Å². The summed E-state index contributed by atoms with van der Waals surface area (Å²) in [6.07, 6.45) is 1.74. The molecular weight excluding hydrogens is 508 g/mol. The quantitative estimate of drug-likeness (QED) is 0.513. The molecular formula is C24H21BrN2O5S. The molecule has 1 N–H and O–H groups in total. The summed E-state index contributed by atoms with van der Waals surface area (Å²) in [6, 6.07) is 11.5. The molecule has 0 bridgehead atoms. The fraction of sp³-hybridized carbons (Fsp3) is 0.208. The van der Waals surface area contributed by atoms with E-state index in [1.54, 1.807) is 57.4 Å². The van der Waals surface area contributed by atoms with Gasteiger partial charge in [-0.3, -0.25) is 9.36 Å². The molecule has 1 atom stereocenters. The highest BCUT2D eigenvalue weighted by Gasteiger charge is 2.33. The van der Waals surface area contributed by atoms with Crippen molar-refractivity contribution in [3.8, 4) is 11.5 Å². The van der Waals surface area contributed by atoms with E-state index >= 15 is 0 Å². The van der Waals surface area contributed by atoms with Crippen LogP contribution in [0.5, 0.6) is 11.5 Å². The number of benzene rings is 2. The summed E-state index contributed by atoms with van der Waals surface area (Å²) >= 11 is 4.54. The van der Waals surface area contributed by atoms with E-state index in [0.29, 0.717) is 30.8 Å². The van der Waals surface area contributed by atoms with Gasteiger partial charge in [-0.15, -0.1) is 0 Å². The number of phenolic OH excluding ortho intramolecular Hbond substituents is 1. The Kier molecular flexibility index (Phi) is 6.53. The summed E-state index contributed by atoms with van der Waals surface area (Å²) < 4.78 is 13.1. The van der Waals surface area contributed by atoms with Gasteiger partial charge in [-0.05, 0) is 71.2 Å². The first-order chi connectivity index (χ1) is 15.8. The number of aromatic nitrogens is 1. The smallest absolute Gasteiger partial charge is 0.338 e. The molecule has 0 fully saturated rings. The van der Waals surface area contributed by atoms with E-state index in [9.17, 15) is 14.7 Å². The van der Waals surface area contributed by atoms with Gasteiger partial charge in [0.1, 0.15) is 11.5 Å². The van der Waals surface area contributed by atoms with Gasteiger partial charge in [-0.1, -0.05) is 29.5 Å². The summed E-state index contributed by atoms with van der Waals surface area (Å²) in [4.78, 5) is 31.5. The minimum Gasteiger partial charge on any atom is -0.507 e. The number of carbonyl (C=O) groups excluding carboxylic acids is 1. The number of phenols is 1. The van der Waals surface area contributed by atoms with Crippen LogP contribution in [0, 0.1) is 0 Å². The van der Waals surface area contributed by atoms with Crippen molar-refractivity contribution < 1.29 is 19.4 Å². The van der Waals surface area contributed by atoms with Crippen molar-refractivity contribution >= 4 is 39.3 Å². The van der Waals surface area contributed by atoms with Crippen molar-refractivity contribution in [2.24, 2.45) is 4.99 Å². The van der Waals surface area contributed by atoms with E-state index in [1.807, 2.05) is 12.1 Å². The monoisotopic (exact) mass is 528 g/mol. The molecule has 170 valence electrons. The van der Waals surface area contributed by atoms with Crippen molar-refractivity contribution in [1.82, 2.24) is 4.57 Å². The van der Waals surface area contributed by atoms with Gasteiger partial charge in [0, 0.05) is 0 Å². The molecule has 1 aliphatic heterocycles. The Balaban J connectivity index is 1.94. The molecule has 2 heterocycles. The first-order valence-electron chi connectivity index (χ1n) is 10.2. The van der Waals surface area contributed by atoms with Gasteiger partial charge in [-0.2, -0.15) is 0 Å². The molecule has 1 aliphatic rings. The third kappa shape index (κ3) is 4.38. The van der Waals surface area contributed by atoms with Crippen LogP contribution in [0.2, 0.25) is 0 Å². The minimum atomic E-state index is -0.681. The molecule has 0 spiro atoms. The van der Waals surface area contributed by atoms with Crippen LogP contribution < -0.4 is 19.6 Å². The Morgan fingerprint density at radius 3 is 2.64 bits per heavy atom. The lowest BCUT2D eigenvalue weighted by molar-refractivity contribution is -0.139. The number of nitrogens with zero attached hydrogens (tertiary/aromatic N) is 2. The first-order valence-corrected chi connectivity index (χ1v) is 11.8.